The number of hydrogen-bond acceptors (Lipinski definition) is 4. The molecule has 6 nitrogen and oxygen atoms in total. The Bertz CT molecular complexity index is 296. The SMILES string of the molecule is O=C(O)/C=C\C(=O)NC1CCOC1=O. The zero-order chi connectivity index (χ0) is 10.6. The van der Waals surface area contributed by atoms with E-state index in [-0.39, 0.29) is 6.61 Å². The van der Waals surface area contributed by atoms with Crippen LogP contribution >= 0.6 is 0 Å². The Morgan fingerprint density at radius 1 is 1.50 bits per heavy atom. The minimum Gasteiger partial charge on any atom is -0.478 e. The van der Waals surface area contributed by atoms with Crippen molar-refractivity contribution in [3.8, 4) is 0 Å². The van der Waals surface area contributed by atoms with Crippen LogP contribution in [0.3, 0.4) is 0 Å². The lowest BCUT2D eigenvalue weighted by molar-refractivity contribution is -0.140. The van der Waals surface area contributed by atoms with Gasteiger partial charge in [-0.1, -0.05) is 0 Å². The van der Waals surface area contributed by atoms with E-state index in [4.69, 9.17) is 5.11 Å². The lowest BCUT2D eigenvalue weighted by Gasteiger charge is -2.04. The fraction of sp³-hybridized carbons (Fsp3) is 0.375. The molecule has 1 unspecified atom stereocenters. The maximum Gasteiger partial charge on any atom is 0.328 e. The summed E-state index contributed by atoms with van der Waals surface area (Å²) in [7, 11) is 0. The van der Waals surface area contributed by atoms with E-state index >= 15 is 0 Å². The summed E-state index contributed by atoms with van der Waals surface area (Å²) in [5.41, 5.74) is 0. The Morgan fingerprint density at radius 3 is 2.71 bits per heavy atom. The van der Waals surface area contributed by atoms with Gasteiger partial charge in [0.25, 0.3) is 0 Å². The number of esters is 1. The number of carbonyl (C=O) groups excluding carboxylic acids is 2. The number of carboxylic acids is 1. The van der Waals surface area contributed by atoms with Crippen molar-refractivity contribution in [2.24, 2.45) is 0 Å². The van der Waals surface area contributed by atoms with Gasteiger partial charge in [-0.15, -0.1) is 0 Å². The molecule has 0 spiro atoms. The summed E-state index contributed by atoms with van der Waals surface area (Å²) in [5, 5.41) is 10.5. The minimum atomic E-state index is -1.21. The van der Waals surface area contributed by atoms with Crippen molar-refractivity contribution >= 4 is 17.8 Å². The maximum absolute atomic E-state index is 11.0. The average molecular weight is 199 g/mol. The normalized spacial score (nSPS) is 20.9. The summed E-state index contributed by atoms with van der Waals surface area (Å²) in [6, 6.07) is -0.652. The highest BCUT2D eigenvalue weighted by Gasteiger charge is 2.27. The van der Waals surface area contributed by atoms with Crippen molar-refractivity contribution in [1.29, 1.82) is 0 Å². The topological polar surface area (TPSA) is 92.7 Å². The molecule has 6 heteroatoms. The number of nitrogens with one attached hydrogen (secondary N) is 1. The van der Waals surface area contributed by atoms with Gasteiger partial charge in [0.05, 0.1) is 6.61 Å². The van der Waals surface area contributed by atoms with Crippen molar-refractivity contribution in [2.45, 2.75) is 12.5 Å². The molecule has 1 heterocycles. The van der Waals surface area contributed by atoms with E-state index in [1.165, 1.54) is 0 Å². The first-order valence-corrected chi connectivity index (χ1v) is 3.98. The number of cyclic esters (lactones) is 1. The molecular weight excluding hydrogens is 190 g/mol. The molecule has 1 fully saturated rings. The zero-order valence-corrected chi connectivity index (χ0v) is 7.23. The third-order valence-electron chi connectivity index (χ3n) is 1.63. The van der Waals surface area contributed by atoms with E-state index in [2.05, 4.69) is 10.1 Å². The van der Waals surface area contributed by atoms with Gasteiger partial charge >= 0.3 is 11.9 Å². The van der Waals surface area contributed by atoms with E-state index in [1.807, 2.05) is 0 Å². The van der Waals surface area contributed by atoms with Gasteiger partial charge in [0.15, 0.2) is 0 Å². The van der Waals surface area contributed by atoms with E-state index in [0.29, 0.717) is 12.5 Å². The third kappa shape index (κ3) is 2.89. The van der Waals surface area contributed by atoms with Crippen LogP contribution in [0.4, 0.5) is 0 Å². The fourth-order valence-electron chi connectivity index (χ4n) is 0.994. The first-order valence-electron chi connectivity index (χ1n) is 3.98. The number of carbonyl (C=O) groups is 3. The van der Waals surface area contributed by atoms with Gasteiger partial charge in [-0.3, -0.25) is 4.79 Å². The molecule has 1 amide bonds. The average Bonchev–Trinajstić information content (AvgIpc) is 2.49. The van der Waals surface area contributed by atoms with E-state index in [0.717, 1.165) is 6.08 Å². The second kappa shape index (κ2) is 4.40. The Hall–Kier alpha value is -1.85. The Kier molecular flexibility index (Phi) is 3.22. The highest BCUT2D eigenvalue weighted by molar-refractivity contribution is 5.96. The van der Waals surface area contributed by atoms with E-state index < -0.39 is 23.9 Å². The van der Waals surface area contributed by atoms with Crippen molar-refractivity contribution in [2.75, 3.05) is 6.61 Å². The van der Waals surface area contributed by atoms with E-state index in [9.17, 15) is 14.4 Å². The van der Waals surface area contributed by atoms with Crippen LogP contribution in [-0.2, 0) is 19.1 Å². The van der Waals surface area contributed by atoms with Crippen LogP contribution in [-0.4, -0.2) is 35.6 Å². The van der Waals surface area contributed by atoms with Gasteiger partial charge < -0.3 is 15.2 Å². The summed E-state index contributed by atoms with van der Waals surface area (Å²) < 4.78 is 4.60. The Labute approximate surface area is 79.5 Å². The number of rotatable bonds is 3. The molecule has 14 heavy (non-hydrogen) atoms. The Morgan fingerprint density at radius 2 is 2.21 bits per heavy atom. The second-order valence-corrected chi connectivity index (χ2v) is 2.69. The Balaban J connectivity index is 2.40. The van der Waals surface area contributed by atoms with Gasteiger partial charge in [-0.05, 0) is 0 Å². The maximum atomic E-state index is 11.0. The van der Waals surface area contributed by atoms with Crippen molar-refractivity contribution in [1.82, 2.24) is 5.32 Å². The molecule has 1 rings (SSSR count). The van der Waals surface area contributed by atoms with Crippen LogP contribution in [0.25, 0.3) is 0 Å². The molecule has 0 aromatic carbocycles. The third-order valence-corrected chi connectivity index (χ3v) is 1.63. The molecular formula is C8H9NO5. The monoisotopic (exact) mass is 199 g/mol. The van der Waals surface area contributed by atoms with Gasteiger partial charge in [-0.25, -0.2) is 9.59 Å². The number of aliphatic carboxylic acids is 1. The van der Waals surface area contributed by atoms with Crippen LogP contribution in [0, 0.1) is 0 Å². The molecule has 1 saturated heterocycles. The predicted octanol–water partition coefficient (Wildman–Crippen LogP) is -0.941. The first-order chi connectivity index (χ1) is 6.59. The molecule has 1 aliphatic rings. The standard InChI is InChI=1S/C8H9NO5/c10-6(1-2-7(11)12)9-5-3-4-14-8(5)13/h1-2,5H,3-4H2,(H,9,10)(H,11,12)/b2-1-. The van der Waals surface area contributed by atoms with Crippen LogP contribution in [0.5, 0.6) is 0 Å². The molecule has 0 aromatic heterocycles. The minimum absolute atomic E-state index is 0.284. The number of ether oxygens (including phenoxy) is 1. The summed E-state index contributed by atoms with van der Waals surface area (Å²) >= 11 is 0. The van der Waals surface area contributed by atoms with Crippen molar-refractivity contribution < 1.29 is 24.2 Å². The summed E-state index contributed by atoms with van der Waals surface area (Å²) in [6.07, 6.45) is 1.98. The highest BCUT2D eigenvalue weighted by Crippen LogP contribution is 2.05. The molecule has 0 aliphatic carbocycles. The van der Waals surface area contributed by atoms with Gasteiger partial charge in [-0.2, -0.15) is 0 Å². The van der Waals surface area contributed by atoms with Crippen molar-refractivity contribution in [3.63, 3.8) is 0 Å². The van der Waals surface area contributed by atoms with Crippen molar-refractivity contribution in [3.05, 3.63) is 12.2 Å². The molecule has 0 aromatic rings. The summed E-state index contributed by atoms with van der Waals surface area (Å²) in [6.45, 7) is 0.284. The predicted molar refractivity (Wildman–Crippen MR) is 44.3 cm³/mol. The number of carboxylic acid groups (broad SMARTS) is 1. The lowest BCUT2D eigenvalue weighted by atomic mass is 10.2. The molecule has 1 atom stereocenters. The summed E-state index contributed by atoms with van der Waals surface area (Å²) in [5.74, 6) is -2.31. The molecule has 1 aliphatic heterocycles. The number of amides is 1. The van der Waals surface area contributed by atoms with Crippen LogP contribution in [0.2, 0.25) is 0 Å². The zero-order valence-electron chi connectivity index (χ0n) is 7.23. The molecule has 0 bridgehead atoms. The van der Waals surface area contributed by atoms with Gasteiger partial charge in [0, 0.05) is 18.6 Å². The quantitative estimate of drug-likeness (QED) is 0.452. The van der Waals surface area contributed by atoms with E-state index in [1.54, 1.807) is 0 Å². The lowest BCUT2D eigenvalue weighted by Crippen LogP contribution is -2.36. The molecule has 0 radical (unpaired) electrons. The molecule has 76 valence electrons. The highest BCUT2D eigenvalue weighted by atomic mass is 16.5. The van der Waals surface area contributed by atoms with Gasteiger partial charge in [0.1, 0.15) is 6.04 Å². The van der Waals surface area contributed by atoms with Crippen LogP contribution in [0.1, 0.15) is 6.42 Å². The fourth-order valence-corrected chi connectivity index (χ4v) is 0.994. The molecule has 2 N–H and O–H groups in total. The first kappa shape index (κ1) is 10.2. The van der Waals surface area contributed by atoms with Crippen LogP contribution < -0.4 is 5.32 Å². The smallest absolute Gasteiger partial charge is 0.328 e. The molecule has 0 saturated carbocycles. The van der Waals surface area contributed by atoms with Crippen LogP contribution in [0.15, 0.2) is 12.2 Å². The largest absolute Gasteiger partial charge is 0.478 e. The van der Waals surface area contributed by atoms with Gasteiger partial charge in [0.2, 0.25) is 5.91 Å². The second-order valence-electron chi connectivity index (χ2n) is 2.69. The summed E-state index contributed by atoms with van der Waals surface area (Å²) in [4.78, 5) is 31.9. The number of hydrogen-bond donors (Lipinski definition) is 2.